The molecule has 4 heteroatoms. The van der Waals surface area contributed by atoms with Crippen LogP contribution in [0.1, 0.15) is 29.8 Å². The lowest BCUT2D eigenvalue weighted by molar-refractivity contribution is 0.0103. The molecule has 0 aliphatic carbocycles. The summed E-state index contributed by atoms with van der Waals surface area (Å²) in [7, 11) is 0. The number of benzene rings is 1. The largest absolute Gasteiger partial charge is 0.372 e. The van der Waals surface area contributed by atoms with E-state index < -0.39 is 11.8 Å². The number of Topliss-reactive ketones (excluding diaryl/α,β-unsaturated/α-hetero) is 1. The number of nitrogens with one attached hydrogen (secondary N) is 1. The molecular formula is C16H18N2O2. The minimum atomic E-state index is -1.26. The SMILES string of the molecule is CC(NC(C)(O)c1ccccc1)C(=O)c1ccncc1. The first-order chi connectivity index (χ1) is 9.50. The molecular weight excluding hydrogens is 252 g/mol. The first-order valence-corrected chi connectivity index (χ1v) is 6.50. The van der Waals surface area contributed by atoms with Crippen molar-refractivity contribution in [3.05, 3.63) is 66.0 Å². The van der Waals surface area contributed by atoms with Gasteiger partial charge in [-0.05, 0) is 31.5 Å². The molecule has 0 fully saturated rings. The second-order valence-corrected chi connectivity index (χ2v) is 4.90. The van der Waals surface area contributed by atoms with E-state index in [0.29, 0.717) is 5.56 Å². The number of carbonyl (C=O) groups is 1. The molecule has 104 valence electrons. The Kier molecular flexibility index (Phi) is 4.27. The van der Waals surface area contributed by atoms with Crippen LogP contribution in [-0.2, 0) is 5.72 Å². The average Bonchev–Trinajstić information content (AvgIpc) is 2.48. The molecule has 0 bridgehead atoms. The van der Waals surface area contributed by atoms with Gasteiger partial charge in [-0.25, -0.2) is 0 Å². The zero-order chi connectivity index (χ0) is 14.6. The third kappa shape index (κ3) is 3.29. The Labute approximate surface area is 118 Å². The zero-order valence-electron chi connectivity index (χ0n) is 11.6. The van der Waals surface area contributed by atoms with Crippen molar-refractivity contribution in [1.82, 2.24) is 10.3 Å². The Morgan fingerprint density at radius 1 is 1.20 bits per heavy atom. The van der Waals surface area contributed by atoms with Crippen LogP contribution >= 0.6 is 0 Å². The summed E-state index contributed by atoms with van der Waals surface area (Å²) in [6.07, 6.45) is 3.16. The monoisotopic (exact) mass is 270 g/mol. The number of carbonyl (C=O) groups excluding carboxylic acids is 1. The lowest BCUT2D eigenvalue weighted by Crippen LogP contribution is -2.47. The van der Waals surface area contributed by atoms with E-state index >= 15 is 0 Å². The van der Waals surface area contributed by atoms with Crippen LogP contribution in [0.4, 0.5) is 0 Å². The molecule has 20 heavy (non-hydrogen) atoms. The summed E-state index contributed by atoms with van der Waals surface area (Å²) in [4.78, 5) is 16.1. The number of nitrogens with zero attached hydrogens (tertiary/aromatic N) is 1. The van der Waals surface area contributed by atoms with Crippen LogP contribution in [0.15, 0.2) is 54.9 Å². The predicted molar refractivity (Wildman–Crippen MR) is 77.2 cm³/mol. The van der Waals surface area contributed by atoms with E-state index in [1.165, 1.54) is 0 Å². The molecule has 2 atom stereocenters. The topological polar surface area (TPSA) is 62.2 Å². The number of hydrogen-bond donors (Lipinski definition) is 2. The van der Waals surface area contributed by atoms with Gasteiger partial charge >= 0.3 is 0 Å². The van der Waals surface area contributed by atoms with Gasteiger partial charge in [-0.1, -0.05) is 30.3 Å². The van der Waals surface area contributed by atoms with E-state index in [4.69, 9.17) is 0 Å². The quantitative estimate of drug-likeness (QED) is 0.645. The maximum Gasteiger partial charge on any atom is 0.179 e. The highest BCUT2D eigenvalue weighted by molar-refractivity contribution is 5.99. The summed E-state index contributed by atoms with van der Waals surface area (Å²) in [5.41, 5.74) is 0.0295. The maximum absolute atomic E-state index is 12.3. The Morgan fingerprint density at radius 3 is 2.40 bits per heavy atom. The number of ketones is 1. The van der Waals surface area contributed by atoms with Gasteiger partial charge in [0.25, 0.3) is 0 Å². The summed E-state index contributed by atoms with van der Waals surface area (Å²) < 4.78 is 0. The average molecular weight is 270 g/mol. The highest BCUT2D eigenvalue weighted by Gasteiger charge is 2.27. The Balaban J connectivity index is 2.11. The number of aliphatic hydroxyl groups is 1. The maximum atomic E-state index is 12.3. The van der Waals surface area contributed by atoms with Gasteiger partial charge in [-0.2, -0.15) is 0 Å². The fraction of sp³-hybridized carbons (Fsp3) is 0.250. The molecule has 0 aliphatic heterocycles. The number of aromatic nitrogens is 1. The first kappa shape index (κ1) is 14.4. The fourth-order valence-corrected chi connectivity index (χ4v) is 2.10. The van der Waals surface area contributed by atoms with Gasteiger partial charge in [0.1, 0.15) is 5.72 Å². The van der Waals surface area contributed by atoms with Crippen molar-refractivity contribution in [3.8, 4) is 0 Å². The summed E-state index contributed by atoms with van der Waals surface area (Å²) >= 11 is 0. The number of pyridine rings is 1. The van der Waals surface area contributed by atoms with Crippen LogP contribution in [-0.4, -0.2) is 21.9 Å². The molecule has 2 unspecified atom stereocenters. The third-order valence-electron chi connectivity index (χ3n) is 3.19. The van der Waals surface area contributed by atoms with Crippen molar-refractivity contribution in [1.29, 1.82) is 0 Å². The van der Waals surface area contributed by atoms with Crippen molar-refractivity contribution in [2.24, 2.45) is 0 Å². The lowest BCUT2D eigenvalue weighted by atomic mass is 10.0. The van der Waals surface area contributed by atoms with Gasteiger partial charge in [0, 0.05) is 18.0 Å². The molecule has 0 radical (unpaired) electrons. The van der Waals surface area contributed by atoms with E-state index in [-0.39, 0.29) is 5.78 Å². The second kappa shape index (κ2) is 5.94. The molecule has 2 N–H and O–H groups in total. The van der Waals surface area contributed by atoms with E-state index in [9.17, 15) is 9.90 Å². The van der Waals surface area contributed by atoms with E-state index in [1.54, 1.807) is 38.4 Å². The molecule has 2 aromatic rings. The molecule has 4 nitrogen and oxygen atoms in total. The van der Waals surface area contributed by atoms with E-state index in [2.05, 4.69) is 10.3 Å². The van der Waals surface area contributed by atoms with Crippen molar-refractivity contribution in [2.75, 3.05) is 0 Å². The molecule has 2 rings (SSSR count). The summed E-state index contributed by atoms with van der Waals surface area (Å²) in [5.74, 6) is -0.0800. The fourth-order valence-electron chi connectivity index (χ4n) is 2.10. The van der Waals surface area contributed by atoms with Gasteiger partial charge < -0.3 is 5.11 Å². The lowest BCUT2D eigenvalue weighted by Gasteiger charge is -2.28. The van der Waals surface area contributed by atoms with Gasteiger partial charge in [0.05, 0.1) is 6.04 Å². The molecule has 0 spiro atoms. The molecule has 0 saturated carbocycles. The minimum absolute atomic E-state index is 0.0800. The highest BCUT2D eigenvalue weighted by Crippen LogP contribution is 2.18. The zero-order valence-corrected chi connectivity index (χ0v) is 11.6. The van der Waals surface area contributed by atoms with Crippen LogP contribution < -0.4 is 5.32 Å². The first-order valence-electron chi connectivity index (χ1n) is 6.50. The van der Waals surface area contributed by atoms with Crippen molar-refractivity contribution in [3.63, 3.8) is 0 Å². The standard InChI is InChI=1S/C16H18N2O2/c1-12(15(19)13-8-10-17-11-9-13)18-16(2,20)14-6-4-3-5-7-14/h3-12,18,20H,1-2H3. The molecule has 0 amide bonds. The molecule has 1 aromatic carbocycles. The summed E-state index contributed by atoms with van der Waals surface area (Å²) in [5, 5.41) is 13.4. The Morgan fingerprint density at radius 2 is 1.80 bits per heavy atom. The van der Waals surface area contributed by atoms with Crippen LogP contribution in [0.25, 0.3) is 0 Å². The number of hydrogen-bond acceptors (Lipinski definition) is 4. The van der Waals surface area contributed by atoms with E-state index in [0.717, 1.165) is 5.56 Å². The van der Waals surface area contributed by atoms with Gasteiger partial charge in [0.15, 0.2) is 5.78 Å². The molecule has 0 saturated heterocycles. The second-order valence-electron chi connectivity index (χ2n) is 4.90. The normalized spacial score (nSPS) is 15.3. The van der Waals surface area contributed by atoms with Gasteiger partial charge in [-0.15, -0.1) is 0 Å². The Bertz CT molecular complexity index is 568. The van der Waals surface area contributed by atoms with Crippen molar-refractivity contribution >= 4 is 5.78 Å². The van der Waals surface area contributed by atoms with Crippen LogP contribution in [0.2, 0.25) is 0 Å². The number of rotatable bonds is 5. The summed E-state index contributed by atoms with van der Waals surface area (Å²) in [6.45, 7) is 3.37. The molecule has 1 aromatic heterocycles. The minimum Gasteiger partial charge on any atom is -0.372 e. The highest BCUT2D eigenvalue weighted by atomic mass is 16.3. The Hall–Kier alpha value is -2.04. The third-order valence-corrected chi connectivity index (χ3v) is 3.19. The van der Waals surface area contributed by atoms with Crippen molar-refractivity contribution in [2.45, 2.75) is 25.6 Å². The molecule has 0 aliphatic rings. The summed E-state index contributed by atoms with van der Waals surface area (Å²) in [6, 6.07) is 12.0. The van der Waals surface area contributed by atoms with Crippen LogP contribution in [0.3, 0.4) is 0 Å². The van der Waals surface area contributed by atoms with Crippen LogP contribution in [0, 0.1) is 0 Å². The van der Waals surface area contributed by atoms with Gasteiger partial charge in [-0.3, -0.25) is 15.1 Å². The van der Waals surface area contributed by atoms with Crippen molar-refractivity contribution < 1.29 is 9.90 Å². The van der Waals surface area contributed by atoms with E-state index in [1.807, 2.05) is 30.3 Å². The molecule has 1 heterocycles. The van der Waals surface area contributed by atoms with Crippen LogP contribution in [0.5, 0.6) is 0 Å². The smallest absolute Gasteiger partial charge is 0.179 e. The predicted octanol–water partition coefficient (Wildman–Crippen LogP) is 2.11. The van der Waals surface area contributed by atoms with Gasteiger partial charge in [0.2, 0.25) is 0 Å².